The SMILES string of the molecule is C=C(C)COc1ccc(C(=O)NC(CC)c2cnn(C)c2)cc1. The molecule has 0 radical (unpaired) electrons. The van der Waals surface area contributed by atoms with E-state index in [4.69, 9.17) is 4.74 Å². The monoisotopic (exact) mass is 313 g/mol. The van der Waals surface area contributed by atoms with Gasteiger partial charge < -0.3 is 10.1 Å². The maximum atomic E-state index is 12.4. The molecule has 1 aromatic heterocycles. The van der Waals surface area contributed by atoms with Gasteiger partial charge in [0.15, 0.2) is 0 Å². The molecule has 0 saturated heterocycles. The van der Waals surface area contributed by atoms with Crippen LogP contribution in [0.1, 0.15) is 42.2 Å². The van der Waals surface area contributed by atoms with Gasteiger partial charge in [-0.2, -0.15) is 5.10 Å². The van der Waals surface area contributed by atoms with E-state index in [0.29, 0.717) is 12.2 Å². The molecular weight excluding hydrogens is 290 g/mol. The second kappa shape index (κ2) is 7.63. The first-order valence-corrected chi connectivity index (χ1v) is 7.66. The standard InChI is InChI=1S/C18H23N3O2/c1-5-17(15-10-19-21(4)11-15)20-18(22)14-6-8-16(9-7-14)23-12-13(2)3/h6-11,17H,2,5,12H2,1,3-4H3,(H,20,22). The van der Waals surface area contributed by atoms with Crippen molar-refractivity contribution in [1.29, 1.82) is 0 Å². The molecule has 1 N–H and O–H groups in total. The molecule has 2 aromatic rings. The molecule has 0 spiro atoms. The molecule has 1 heterocycles. The molecule has 0 aliphatic heterocycles. The largest absolute Gasteiger partial charge is 0.489 e. The second-order valence-corrected chi connectivity index (χ2v) is 5.65. The first-order valence-electron chi connectivity index (χ1n) is 7.66. The summed E-state index contributed by atoms with van der Waals surface area (Å²) in [5.41, 5.74) is 2.56. The molecule has 2 rings (SSSR count). The van der Waals surface area contributed by atoms with Gasteiger partial charge >= 0.3 is 0 Å². The lowest BCUT2D eigenvalue weighted by Gasteiger charge is -2.15. The van der Waals surface area contributed by atoms with E-state index in [9.17, 15) is 4.79 Å². The number of aromatic nitrogens is 2. The Bertz CT molecular complexity index is 674. The van der Waals surface area contributed by atoms with E-state index < -0.39 is 0 Å². The fourth-order valence-corrected chi connectivity index (χ4v) is 2.19. The number of carbonyl (C=O) groups is 1. The van der Waals surface area contributed by atoms with Crippen molar-refractivity contribution in [1.82, 2.24) is 15.1 Å². The van der Waals surface area contributed by atoms with Gasteiger partial charge in [-0.1, -0.05) is 13.5 Å². The molecule has 23 heavy (non-hydrogen) atoms. The van der Waals surface area contributed by atoms with Crippen molar-refractivity contribution in [2.45, 2.75) is 26.3 Å². The third-order valence-corrected chi connectivity index (χ3v) is 3.44. The van der Waals surface area contributed by atoms with E-state index in [1.165, 1.54) is 0 Å². The number of ether oxygens (including phenoxy) is 1. The Balaban J connectivity index is 2.00. The smallest absolute Gasteiger partial charge is 0.251 e. The molecule has 5 nitrogen and oxygen atoms in total. The molecule has 0 saturated carbocycles. The van der Waals surface area contributed by atoms with Gasteiger partial charge in [0.05, 0.1) is 12.2 Å². The van der Waals surface area contributed by atoms with Crippen molar-refractivity contribution in [3.63, 3.8) is 0 Å². The molecule has 0 bridgehead atoms. The van der Waals surface area contributed by atoms with Crippen molar-refractivity contribution in [3.05, 3.63) is 59.9 Å². The van der Waals surface area contributed by atoms with Crippen LogP contribution < -0.4 is 10.1 Å². The number of benzene rings is 1. The molecule has 0 aliphatic carbocycles. The van der Waals surface area contributed by atoms with E-state index in [0.717, 1.165) is 23.3 Å². The third kappa shape index (κ3) is 4.71. The number of rotatable bonds is 7. The maximum absolute atomic E-state index is 12.4. The van der Waals surface area contributed by atoms with Crippen LogP contribution in [0.5, 0.6) is 5.75 Å². The van der Waals surface area contributed by atoms with Gasteiger partial charge in [0.25, 0.3) is 5.91 Å². The molecule has 122 valence electrons. The predicted molar refractivity (Wildman–Crippen MR) is 90.5 cm³/mol. The van der Waals surface area contributed by atoms with E-state index in [2.05, 4.69) is 17.0 Å². The van der Waals surface area contributed by atoms with E-state index in [1.807, 2.05) is 27.1 Å². The maximum Gasteiger partial charge on any atom is 0.251 e. The van der Waals surface area contributed by atoms with Gasteiger partial charge in [-0.25, -0.2) is 0 Å². The Hall–Kier alpha value is -2.56. The summed E-state index contributed by atoms with van der Waals surface area (Å²) >= 11 is 0. The van der Waals surface area contributed by atoms with E-state index in [-0.39, 0.29) is 11.9 Å². The third-order valence-electron chi connectivity index (χ3n) is 3.44. The molecule has 1 unspecified atom stereocenters. The fraction of sp³-hybridized carbons (Fsp3) is 0.333. The van der Waals surface area contributed by atoms with Gasteiger partial charge in [-0.3, -0.25) is 9.48 Å². The van der Waals surface area contributed by atoms with Crippen LogP contribution in [0.3, 0.4) is 0 Å². The van der Waals surface area contributed by atoms with Crippen LogP contribution >= 0.6 is 0 Å². The van der Waals surface area contributed by atoms with Crippen molar-refractivity contribution >= 4 is 5.91 Å². The average molecular weight is 313 g/mol. The van der Waals surface area contributed by atoms with Crippen LogP contribution in [0.4, 0.5) is 0 Å². The minimum absolute atomic E-state index is 0.0458. The topological polar surface area (TPSA) is 56.1 Å². The van der Waals surface area contributed by atoms with Crippen LogP contribution in [0.25, 0.3) is 0 Å². The van der Waals surface area contributed by atoms with Crippen LogP contribution in [-0.4, -0.2) is 22.3 Å². The lowest BCUT2D eigenvalue weighted by Crippen LogP contribution is -2.27. The zero-order valence-electron chi connectivity index (χ0n) is 13.9. The Morgan fingerprint density at radius 1 is 1.39 bits per heavy atom. The highest BCUT2D eigenvalue weighted by atomic mass is 16.5. The minimum Gasteiger partial charge on any atom is -0.489 e. The van der Waals surface area contributed by atoms with Crippen molar-refractivity contribution in [2.24, 2.45) is 7.05 Å². The van der Waals surface area contributed by atoms with Crippen molar-refractivity contribution < 1.29 is 9.53 Å². The summed E-state index contributed by atoms with van der Waals surface area (Å²) in [4.78, 5) is 12.4. The minimum atomic E-state index is -0.104. The summed E-state index contributed by atoms with van der Waals surface area (Å²) in [5, 5.41) is 7.19. The molecule has 5 heteroatoms. The number of hydrogen-bond acceptors (Lipinski definition) is 3. The van der Waals surface area contributed by atoms with Gasteiger partial charge in [0.2, 0.25) is 0 Å². The van der Waals surface area contributed by atoms with Gasteiger partial charge in [0, 0.05) is 24.4 Å². The number of nitrogens with one attached hydrogen (secondary N) is 1. The molecule has 0 fully saturated rings. The molecule has 0 aliphatic rings. The normalized spacial score (nSPS) is 11.8. The Morgan fingerprint density at radius 2 is 2.09 bits per heavy atom. The highest BCUT2D eigenvalue weighted by Crippen LogP contribution is 2.17. The summed E-state index contributed by atoms with van der Waals surface area (Å²) in [7, 11) is 1.86. The summed E-state index contributed by atoms with van der Waals surface area (Å²) < 4.78 is 7.27. The molecule has 1 amide bonds. The highest BCUT2D eigenvalue weighted by molar-refractivity contribution is 5.94. The Kier molecular flexibility index (Phi) is 5.57. The quantitative estimate of drug-likeness (QED) is 0.798. The van der Waals surface area contributed by atoms with Crippen LogP contribution in [0.15, 0.2) is 48.8 Å². The average Bonchev–Trinajstić information content (AvgIpc) is 2.97. The Labute approximate surface area is 137 Å². The number of carbonyl (C=O) groups excluding carboxylic acids is 1. The highest BCUT2D eigenvalue weighted by Gasteiger charge is 2.15. The van der Waals surface area contributed by atoms with Crippen LogP contribution in [-0.2, 0) is 7.05 Å². The van der Waals surface area contributed by atoms with E-state index >= 15 is 0 Å². The van der Waals surface area contributed by atoms with Crippen LogP contribution in [0, 0.1) is 0 Å². The number of hydrogen-bond donors (Lipinski definition) is 1. The van der Waals surface area contributed by atoms with Gasteiger partial charge in [-0.15, -0.1) is 0 Å². The fourth-order valence-electron chi connectivity index (χ4n) is 2.19. The first kappa shape index (κ1) is 16.8. The van der Waals surface area contributed by atoms with Crippen LogP contribution in [0.2, 0.25) is 0 Å². The first-order chi connectivity index (χ1) is 11.0. The zero-order valence-corrected chi connectivity index (χ0v) is 13.9. The molecular formula is C18H23N3O2. The lowest BCUT2D eigenvalue weighted by molar-refractivity contribution is 0.0935. The van der Waals surface area contributed by atoms with Crippen molar-refractivity contribution in [2.75, 3.05) is 6.61 Å². The van der Waals surface area contributed by atoms with Gasteiger partial charge in [0.1, 0.15) is 12.4 Å². The summed E-state index contributed by atoms with van der Waals surface area (Å²) in [6.45, 7) is 8.21. The summed E-state index contributed by atoms with van der Waals surface area (Å²) in [6.07, 6.45) is 4.50. The summed E-state index contributed by atoms with van der Waals surface area (Å²) in [6, 6.07) is 7.07. The molecule has 1 atom stereocenters. The van der Waals surface area contributed by atoms with Gasteiger partial charge in [-0.05, 0) is 43.2 Å². The lowest BCUT2D eigenvalue weighted by atomic mass is 10.1. The molecule has 1 aromatic carbocycles. The number of nitrogens with zero attached hydrogens (tertiary/aromatic N) is 2. The predicted octanol–water partition coefficient (Wildman–Crippen LogP) is 3.26. The van der Waals surface area contributed by atoms with Crippen molar-refractivity contribution in [3.8, 4) is 5.75 Å². The summed E-state index contributed by atoms with van der Waals surface area (Å²) in [5.74, 6) is 0.621. The number of aryl methyl sites for hydroxylation is 1. The van der Waals surface area contributed by atoms with E-state index in [1.54, 1.807) is 35.1 Å². The Morgan fingerprint density at radius 3 is 2.61 bits per heavy atom. The number of amides is 1. The zero-order chi connectivity index (χ0) is 16.8. The second-order valence-electron chi connectivity index (χ2n) is 5.65.